The van der Waals surface area contributed by atoms with Gasteiger partial charge in [0.25, 0.3) is 0 Å². The van der Waals surface area contributed by atoms with Crippen molar-refractivity contribution in [3.05, 3.63) is 41.9 Å². The van der Waals surface area contributed by atoms with Gasteiger partial charge in [0, 0.05) is 24.6 Å². The molecule has 1 aromatic carbocycles. The van der Waals surface area contributed by atoms with Crippen molar-refractivity contribution in [1.29, 1.82) is 5.26 Å². The molecule has 3 rings (SSSR count). The summed E-state index contributed by atoms with van der Waals surface area (Å²) in [5.74, 6) is 0.409. The number of rotatable bonds is 2. The fourth-order valence-electron chi connectivity index (χ4n) is 2.63. The minimum absolute atomic E-state index is 0.235. The van der Waals surface area contributed by atoms with Gasteiger partial charge in [0.1, 0.15) is 11.7 Å². The number of fused-ring (bicyclic) bond motifs is 1. The summed E-state index contributed by atoms with van der Waals surface area (Å²) in [6.45, 7) is 6.13. The highest BCUT2D eigenvalue weighted by Crippen LogP contribution is 2.32. The van der Waals surface area contributed by atoms with Crippen LogP contribution in [0.3, 0.4) is 0 Å². The van der Waals surface area contributed by atoms with Gasteiger partial charge in [-0.05, 0) is 51.0 Å². The van der Waals surface area contributed by atoms with Crippen LogP contribution in [0, 0.1) is 11.3 Å². The number of nitrogens with one attached hydrogen (secondary N) is 1. The lowest BCUT2D eigenvalue weighted by molar-refractivity contribution is 0.0584. The van der Waals surface area contributed by atoms with Gasteiger partial charge < -0.3 is 10.1 Å². The summed E-state index contributed by atoms with van der Waals surface area (Å²) in [7, 11) is 0. The molecule has 7 nitrogen and oxygen atoms in total. The molecule has 0 fully saturated rings. The van der Waals surface area contributed by atoms with Gasteiger partial charge >= 0.3 is 6.09 Å². The van der Waals surface area contributed by atoms with Gasteiger partial charge in [-0.15, -0.1) is 0 Å². The standard InChI is InChI=1S/C18H19N5O2/c1-18(2,3)25-17(24)23-9-6-12-10-13(4-5-15(12)23)22-16-14(11-19)20-7-8-21-16/h4-5,7-8,10H,6,9H2,1-3H3,(H,21,22). The second-order valence-electron chi connectivity index (χ2n) is 6.72. The largest absolute Gasteiger partial charge is 0.443 e. The van der Waals surface area contributed by atoms with Crippen molar-refractivity contribution in [3.63, 3.8) is 0 Å². The second-order valence-corrected chi connectivity index (χ2v) is 6.72. The first-order valence-corrected chi connectivity index (χ1v) is 7.99. The van der Waals surface area contributed by atoms with Crippen LogP contribution in [0.4, 0.5) is 22.0 Å². The van der Waals surface area contributed by atoms with E-state index in [1.54, 1.807) is 4.90 Å². The summed E-state index contributed by atoms with van der Waals surface area (Å²) in [5.41, 5.74) is 2.39. The van der Waals surface area contributed by atoms with E-state index >= 15 is 0 Å². The maximum atomic E-state index is 12.3. The Bertz CT molecular complexity index is 851. The SMILES string of the molecule is CC(C)(C)OC(=O)N1CCc2cc(Nc3nccnc3C#N)ccc21. The van der Waals surface area contributed by atoms with Gasteiger partial charge in [-0.25, -0.2) is 14.8 Å². The molecule has 0 atom stereocenters. The van der Waals surface area contributed by atoms with Gasteiger partial charge in [-0.1, -0.05) is 0 Å². The van der Waals surface area contributed by atoms with Crippen molar-refractivity contribution in [2.45, 2.75) is 32.8 Å². The molecule has 0 spiro atoms. The predicted octanol–water partition coefficient (Wildman–Crippen LogP) is 3.39. The number of carbonyl (C=O) groups excluding carboxylic acids is 1. The fraction of sp³-hybridized carbons (Fsp3) is 0.333. The van der Waals surface area contributed by atoms with Crippen LogP contribution in [0.1, 0.15) is 32.0 Å². The van der Waals surface area contributed by atoms with E-state index in [9.17, 15) is 4.79 Å². The molecule has 2 heterocycles. The number of aromatic nitrogens is 2. The maximum Gasteiger partial charge on any atom is 0.414 e. The molecule has 128 valence electrons. The third kappa shape index (κ3) is 3.69. The van der Waals surface area contributed by atoms with E-state index in [0.29, 0.717) is 12.4 Å². The Morgan fingerprint density at radius 3 is 2.80 bits per heavy atom. The Morgan fingerprint density at radius 1 is 1.32 bits per heavy atom. The Kier molecular flexibility index (Phi) is 4.28. The molecule has 1 N–H and O–H groups in total. The van der Waals surface area contributed by atoms with Crippen LogP contribution in [0.25, 0.3) is 0 Å². The lowest BCUT2D eigenvalue weighted by Gasteiger charge is -2.24. The van der Waals surface area contributed by atoms with Crippen molar-refractivity contribution in [2.24, 2.45) is 0 Å². The zero-order valence-electron chi connectivity index (χ0n) is 14.4. The van der Waals surface area contributed by atoms with Gasteiger partial charge in [0.2, 0.25) is 0 Å². The van der Waals surface area contributed by atoms with Crippen LogP contribution in [0.5, 0.6) is 0 Å². The van der Waals surface area contributed by atoms with Crippen LogP contribution in [-0.2, 0) is 11.2 Å². The Labute approximate surface area is 146 Å². The third-order valence-corrected chi connectivity index (χ3v) is 3.66. The molecular weight excluding hydrogens is 318 g/mol. The number of anilines is 3. The van der Waals surface area contributed by atoms with Crippen molar-refractivity contribution in [1.82, 2.24) is 9.97 Å². The van der Waals surface area contributed by atoms with E-state index < -0.39 is 5.60 Å². The number of hydrogen-bond acceptors (Lipinski definition) is 6. The van der Waals surface area contributed by atoms with Crippen molar-refractivity contribution >= 4 is 23.3 Å². The Hall–Kier alpha value is -3.14. The molecular formula is C18H19N5O2. The number of nitriles is 1. The number of nitrogens with zero attached hydrogens (tertiary/aromatic N) is 4. The van der Waals surface area contributed by atoms with Crippen LogP contribution < -0.4 is 10.2 Å². The normalized spacial score (nSPS) is 13.1. The number of hydrogen-bond donors (Lipinski definition) is 1. The molecule has 7 heteroatoms. The minimum Gasteiger partial charge on any atom is -0.443 e. The molecule has 1 aliphatic heterocycles. The lowest BCUT2D eigenvalue weighted by Crippen LogP contribution is -2.35. The lowest BCUT2D eigenvalue weighted by atomic mass is 10.1. The van der Waals surface area contributed by atoms with Crippen molar-refractivity contribution in [2.75, 3.05) is 16.8 Å². The Morgan fingerprint density at radius 2 is 2.08 bits per heavy atom. The van der Waals surface area contributed by atoms with Gasteiger partial charge in [-0.2, -0.15) is 5.26 Å². The summed E-state index contributed by atoms with van der Waals surface area (Å²) >= 11 is 0. The average Bonchev–Trinajstić information content (AvgIpc) is 2.97. The molecule has 1 aliphatic rings. The highest BCUT2D eigenvalue weighted by molar-refractivity contribution is 5.91. The van der Waals surface area contributed by atoms with E-state index in [4.69, 9.17) is 10.00 Å². The smallest absolute Gasteiger partial charge is 0.414 e. The molecule has 0 aliphatic carbocycles. The van der Waals surface area contributed by atoms with Crippen LogP contribution >= 0.6 is 0 Å². The van der Waals surface area contributed by atoms with E-state index in [2.05, 4.69) is 15.3 Å². The number of carbonyl (C=O) groups is 1. The molecule has 25 heavy (non-hydrogen) atoms. The highest BCUT2D eigenvalue weighted by Gasteiger charge is 2.29. The summed E-state index contributed by atoms with van der Waals surface area (Å²) in [4.78, 5) is 22.1. The molecule has 0 saturated carbocycles. The Balaban J connectivity index is 1.80. The first-order chi connectivity index (χ1) is 11.9. The van der Waals surface area contributed by atoms with E-state index in [1.165, 1.54) is 12.4 Å². The highest BCUT2D eigenvalue weighted by atomic mass is 16.6. The maximum absolute atomic E-state index is 12.3. The van der Waals surface area contributed by atoms with Crippen LogP contribution in [-0.4, -0.2) is 28.2 Å². The number of ether oxygens (including phenoxy) is 1. The van der Waals surface area contributed by atoms with Gasteiger partial charge in [-0.3, -0.25) is 4.90 Å². The minimum atomic E-state index is -0.527. The summed E-state index contributed by atoms with van der Waals surface area (Å²) < 4.78 is 5.45. The quantitative estimate of drug-likeness (QED) is 0.903. The first kappa shape index (κ1) is 16.7. The van der Waals surface area contributed by atoms with Gasteiger partial charge in [0.15, 0.2) is 11.5 Å². The summed E-state index contributed by atoms with van der Waals surface area (Å²) in [6.07, 6.45) is 3.41. The zero-order chi connectivity index (χ0) is 18.0. The molecule has 1 amide bonds. The molecule has 0 unspecified atom stereocenters. The zero-order valence-corrected chi connectivity index (χ0v) is 14.4. The average molecular weight is 337 g/mol. The second kappa shape index (κ2) is 6.40. The molecule has 2 aromatic rings. The number of benzene rings is 1. The van der Waals surface area contributed by atoms with Crippen LogP contribution in [0.15, 0.2) is 30.6 Å². The van der Waals surface area contributed by atoms with Crippen molar-refractivity contribution in [3.8, 4) is 6.07 Å². The first-order valence-electron chi connectivity index (χ1n) is 7.99. The van der Waals surface area contributed by atoms with E-state index in [-0.39, 0.29) is 11.8 Å². The van der Waals surface area contributed by atoms with Crippen molar-refractivity contribution < 1.29 is 9.53 Å². The van der Waals surface area contributed by atoms with Crippen LogP contribution in [0.2, 0.25) is 0 Å². The summed E-state index contributed by atoms with van der Waals surface area (Å²) in [6, 6.07) is 7.68. The van der Waals surface area contributed by atoms with Gasteiger partial charge in [0.05, 0.1) is 5.69 Å². The molecule has 0 radical (unpaired) electrons. The van der Waals surface area contributed by atoms with E-state index in [0.717, 1.165) is 23.4 Å². The molecule has 0 saturated heterocycles. The third-order valence-electron chi connectivity index (χ3n) is 3.66. The van der Waals surface area contributed by atoms with E-state index in [1.807, 2.05) is 45.0 Å². The fourth-order valence-corrected chi connectivity index (χ4v) is 2.63. The topological polar surface area (TPSA) is 91.1 Å². The number of amides is 1. The summed E-state index contributed by atoms with van der Waals surface area (Å²) in [5, 5.41) is 12.2. The monoisotopic (exact) mass is 337 g/mol. The molecule has 1 aromatic heterocycles. The molecule has 0 bridgehead atoms. The predicted molar refractivity (Wildman–Crippen MR) is 93.8 cm³/mol.